The highest BCUT2D eigenvalue weighted by Crippen LogP contribution is 2.00. The number of aliphatic hydroxyl groups is 2. The van der Waals surface area contributed by atoms with Gasteiger partial charge in [0.25, 0.3) is 0 Å². The molecule has 0 aliphatic rings. The third kappa shape index (κ3) is 2.44. The van der Waals surface area contributed by atoms with E-state index in [1.807, 2.05) is 0 Å². The third-order valence-corrected chi connectivity index (χ3v) is 1.22. The highest BCUT2D eigenvalue weighted by molar-refractivity contribution is 4.94. The average molecular weight is 170 g/mol. The quantitative estimate of drug-likeness (QED) is 0.619. The van der Waals surface area contributed by atoms with Crippen LogP contribution in [0.5, 0.6) is 6.01 Å². The topological polar surface area (TPSA) is 75.5 Å². The Balaban J connectivity index is 2.51. The van der Waals surface area contributed by atoms with Gasteiger partial charge in [0, 0.05) is 12.4 Å². The number of aromatic nitrogens is 2. The lowest BCUT2D eigenvalue weighted by Crippen LogP contribution is -2.25. The summed E-state index contributed by atoms with van der Waals surface area (Å²) in [5.74, 6) is 0. The van der Waals surface area contributed by atoms with Gasteiger partial charge < -0.3 is 14.9 Å². The van der Waals surface area contributed by atoms with Gasteiger partial charge in [-0.25, -0.2) is 9.97 Å². The molecule has 1 rings (SSSR count). The van der Waals surface area contributed by atoms with Crippen LogP contribution in [0.1, 0.15) is 0 Å². The van der Waals surface area contributed by atoms with Crippen LogP contribution in [0.4, 0.5) is 0 Å². The first-order chi connectivity index (χ1) is 5.86. The van der Waals surface area contributed by atoms with Gasteiger partial charge >= 0.3 is 6.01 Å². The lowest BCUT2D eigenvalue weighted by molar-refractivity contribution is 0.0560. The van der Waals surface area contributed by atoms with Crippen LogP contribution >= 0.6 is 0 Å². The molecule has 2 N–H and O–H groups in total. The van der Waals surface area contributed by atoms with Crippen molar-refractivity contribution in [3.8, 4) is 6.01 Å². The minimum Gasteiger partial charge on any atom is -0.455 e. The summed E-state index contributed by atoms with van der Waals surface area (Å²) in [7, 11) is 0. The summed E-state index contributed by atoms with van der Waals surface area (Å²) in [6.07, 6.45) is 2.40. The van der Waals surface area contributed by atoms with Gasteiger partial charge in [0.1, 0.15) is 6.10 Å². The van der Waals surface area contributed by atoms with E-state index < -0.39 is 6.10 Å². The fourth-order valence-corrected chi connectivity index (χ4v) is 0.628. The predicted molar refractivity (Wildman–Crippen MR) is 40.6 cm³/mol. The zero-order chi connectivity index (χ0) is 8.81. The Kier molecular flexibility index (Phi) is 3.43. The van der Waals surface area contributed by atoms with Crippen LogP contribution in [0.25, 0.3) is 0 Å². The molecule has 66 valence electrons. The molecule has 0 atom stereocenters. The van der Waals surface area contributed by atoms with Crippen LogP contribution in [0.3, 0.4) is 0 Å². The average Bonchev–Trinajstić information content (AvgIpc) is 2.16. The molecule has 1 heterocycles. The Morgan fingerprint density at radius 1 is 1.25 bits per heavy atom. The maximum absolute atomic E-state index is 8.65. The Hall–Kier alpha value is -1.20. The molecular formula is C7H10N2O3. The molecule has 0 amide bonds. The Morgan fingerprint density at radius 2 is 1.83 bits per heavy atom. The van der Waals surface area contributed by atoms with Crippen molar-refractivity contribution >= 4 is 0 Å². The Bertz CT molecular complexity index is 213. The lowest BCUT2D eigenvalue weighted by atomic mass is 10.4. The van der Waals surface area contributed by atoms with Crippen LogP contribution in [0, 0.1) is 0 Å². The molecule has 0 unspecified atom stereocenters. The van der Waals surface area contributed by atoms with Crippen molar-refractivity contribution in [2.24, 2.45) is 0 Å². The molecule has 12 heavy (non-hydrogen) atoms. The summed E-state index contributed by atoms with van der Waals surface area (Å²) in [6.45, 7) is -0.510. The van der Waals surface area contributed by atoms with Gasteiger partial charge in [-0.2, -0.15) is 0 Å². The summed E-state index contributed by atoms with van der Waals surface area (Å²) >= 11 is 0. The summed E-state index contributed by atoms with van der Waals surface area (Å²) in [4.78, 5) is 7.52. The van der Waals surface area contributed by atoms with Crippen molar-refractivity contribution < 1.29 is 14.9 Å². The van der Waals surface area contributed by atoms with Gasteiger partial charge in [0.15, 0.2) is 0 Å². The minimum atomic E-state index is -0.646. The van der Waals surface area contributed by atoms with Crippen molar-refractivity contribution in [2.75, 3.05) is 13.2 Å². The summed E-state index contributed by atoms with van der Waals surface area (Å²) in [6, 6.07) is 1.81. The van der Waals surface area contributed by atoms with Gasteiger partial charge in [-0.1, -0.05) is 0 Å². The molecule has 0 aliphatic carbocycles. The fraction of sp³-hybridized carbons (Fsp3) is 0.429. The monoisotopic (exact) mass is 170 g/mol. The van der Waals surface area contributed by atoms with E-state index >= 15 is 0 Å². The minimum absolute atomic E-state index is 0.158. The molecule has 1 aromatic rings. The van der Waals surface area contributed by atoms with Crippen LogP contribution in [0.15, 0.2) is 18.5 Å². The van der Waals surface area contributed by atoms with E-state index in [9.17, 15) is 0 Å². The van der Waals surface area contributed by atoms with Crippen molar-refractivity contribution in [3.05, 3.63) is 18.5 Å². The van der Waals surface area contributed by atoms with E-state index in [4.69, 9.17) is 14.9 Å². The summed E-state index contributed by atoms with van der Waals surface area (Å²) < 4.78 is 4.99. The second kappa shape index (κ2) is 4.63. The Labute approximate surface area is 69.7 Å². The van der Waals surface area contributed by atoms with Crippen LogP contribution in [-0.2, 0) is 0 Å². The number of rotatable bonds is 4. The second-order valence-corrected chi connectivity index (χ2v) is 2.14. The van der Waals surface area contributed by atoms with Gasteiger partial charge in [-0.05, 0) is 6.07 Å². The molecule has 0 aliphatic heterocycles. The number of aliphatic hydroxyl groups excluding tert-OH is 2. The first kappa shape index (κ1) is 8.89. The highest BCUT2D eigenvalue weighted by atomic mass is 16.5. The van der Waals surface area contributed by atoms with Crippen molar-refractivity contribution in [1.29, 1.82) is 0 Å². The largest absolute Gasteiger partial charge is 0.455 e. The van der Waals surface area contributed by atoms with Gasteiger partial charge in [-0.3, -0.25) is 0 Å². The molecule has 0 fully saturated rings. The predicted octanol–water partition coefficient (Wildman–Crippen LogP) is -0.791. The van der Waals surface area contributed by atoms with E-state index in [1.165, 1.54) is 12.4 Å². The number of ether oxygens (including phenoxy) is 1. The molecular weight excluding hydrogens is 160 g/mol. The maximum atomic E-state index is 8.65. The van der Waals surface area contributed by atoms with Crippen molar-refractivity contribution in [2.45, 2.75) is 6.10 Å². The molecule has 1 aromatic heterocycles. The first-order valence-electron chi connectivity index (χ1n) is 3.52. The normalized spacial score (nSPS) is 10.2. The molecule has 0 saturated carbocycles. The number of nitrogens with zero attached hydrogens (tertiary/aromatic N) is 2. The molecule has 0 aromatic carbocycles. The van der Waals surface area contributed by atoms with E-state index in [0.717, 1.165) is 0 Å². The number of hydrogen-bond acceptors (Lipinski definition) is 5. The van der Waals surface area contributed by atoms with E-state index in [1.54, 1.807) is 6.07 Å². The van der Waals surface area contributed by atoms with Crippen molar-refractivity contribution in [3.63, 3.8) is 0 Å². The third-order valence-electron chi connectivity index (χ3n) is 1.22. The van der Waals surface area contributed by atoms with Gasteiger partial charge in [0.2, 0.25) is 0 Å². The Morgan fingerprint density at radius 3 is 2.33 bits per heavy atom. The molecule has 0 radical (unpaired) electrons. The van der Waals surface area contributed by atoms with E-state index in [-0.39, 0.29) is 19.2 Å². The molecule has 0 spiro atoms. The zero-order valence-electron chi connectivity index (χ0n) is 6.42. The maximum Gasteiger partial charge on any atom is 0.316 e. The lowest BCUT2D eigenvalue weighted by Gasteiger charge is -2.11. The molecule has 0 bridgehead atoms. The summed E-state index contributed by atoms with van der Waals surface area (Å²) in [5, 5.41) is 17.3. The molecule has 0 saturated heterocycles. The summed E-state index contributed by atoms with van der Waals surface area (Å²) in [5.41, 5.74) is 0. The van der Waals surface area contributed by atoms with Crippen LogP contribution in [-0.4, -0.2) is 39.5 Å². The van der Waals surface area contributed by atoms with Crippen molar-refractivity contribution in [1.82, 2.24) is 9.97 Å². The van der Waals surface area contributed by atoms with E-state index in [0.29, 0.717) is 0 Å². The van der Waals surface area contributed by atoms with Gasteiger partial charge in [-0.15, -0.1) is 0 Å². The standard InChI is InChI=1S/C7H10N2O3/c10-4-6(5-11)12-7-8-2-1-3-9-7/h1-3,6,10-11H,4-5H2. The smallest absolute Gasteiger partial charge is 0.316 e. The molecule has 5 heteroatoms. The fourth-order valence-electron chi connectivity index (χ4n) is 0.628. The first-order valence-corrected chi connectivity index (χ1v) is 3.52. The molecule has 5 nitrogen and oxygen atoms in total. The zero-order valence-corrected chi connectivity index (χ0v) is 6.42. The highest BCUT2D eigenvalue weighted by Gasteiger charge is 2.07. The van der Waals surface area contributed by atoms with Gasteiger partial charge in [0.05, 0.1) is 13.2 Å². The number of hydrogen-bond donors (Lipinski definition) is 2. The van der Waals surface area contributed by atoms with Crippen LogP contribution in [0.2, 0.25) is 0 Å². The van der Waals surface area contributed by atoms with E-state index in [2.05, 4.69) is 9.97 Å². The SMILES string of the molecule is OCC(CO)Oc1ncccn1. The second-order valence-electron chi connectivity index (χ2n) is 2.14. The van der Waals surface area contributed by atoms with Crippen LogP contribution < -0.4 is 4.74 Å².